The molecule has 6 nitrogen and oxygen atoms in total. The van der Waals surface area contributed by atoms with Gasteiger partial charge in [0.2, 0.25) is 5.95 Å². The zero-order valence-electron chi connectivity index (χ0n) is 7.55. The van der Waals surface area contributed by atoms with Crippen molar-refractivity contribution in [3.05, 3.63) is 23.4 Å². The van der Waals surface area contributed by atoms with Gasteiger partial charge in [0.15, 0.2) is 11.5 Å². The van der Waals surface area contributed by atoms with E-state index in [-0.39, 0.29) is 11.8 Å². The van der Waals surface area contributed by atoms with Gasteiger partial charge in [0.05, 0.1) is 5.69 Å². The molecule has 0 saturated heterocycles. The summed E-state index contributed by atoms with van der Waals surface area (Å²) in [5.41, 5.74) is 11.8. The molecular formula is C8H7ClN6. The highest BCUT2D eigenvalue weighted by atomic mass is 35.5. The lowest BCUT2D eigenvalue weighted by atomic mass is 10.3. The molecule has 15 heavy (non-hydrogen) atoms. The van der Waals surface area contributed by atoms with E-state index in [0.29, 0.717) is 16.5 Å². The van der Waals surface area contributed by atoms with E-state index < -0.39 is 0 Å². The number of pyridine rings is 1. The fourth-order valence-corrected chi connectivity index (χ4v) is 1.24. The first kappa shape index (κ1) is 9.60. The van der Waals surface area contributed by atoms with Gasteiger partial charge in [-0.15, -0.1) is 10.2 Å². The van der Waals surface area contributed by atoms with E-state index in [4.69, 9.17) is 23.1 Å². The van der Waals surface area contributed by atoms with Crippen molar-refractivity contribution in [2.45, 2.75) is 0 Å². The number of nitrogens with two attached hydrogens (primary N) is 2. The van der Waals surface area contributed by atoms with Crippen molar-refractivity contribution in [3.8, 4) is 11.4 Å². The molecule has 2 heterocycles. The number of halogens is 1. The molecule has 2 aromatic rings. The van der Waals surface area contributed by atoms with E-state index in [1.807, 2.05) is 0 Å². The summed E-state index contributed by atoms with van der Waals surface area (Å²) in [6.45, 7) is 0. The summed E-state index contributed by atoms with van der Waals surface area (Å²) in [6, 6.07) is 5.10. The molecule has 2 rings (SSSR count). The Labute approximate surface area is 90.3 Å². The number of rotatable bonds is 1. The SMILES string of the molecule is Nc1nnc(-c2cccc(Cl)n2)c(N)n1. The lowest BCUT2D eigenvalue weighted by Crippen LogP contribution is -2.04. The summed E-state index contributed by atoms with van der Waals surface area (Å²) >= 11 is 5.73. The van der Waals surface area contributed by atoms with Crippen molar-refractivity contribution in [2.24, 2.45) is 0 Å². The van der Waals surface area contributed by atoms with Crippen LogP contribution in [0, 0.1) is 0 Å². The molecule has 0 amide bonds. The van der Waals surface area contributed by atoms with Crippen molar-refractivity contribution in [2.75, 3.05) is 11.5 Å². The Morgan fingerprint density at radius 3 is 2.53 bits per heavy atom. The van der Waals surface area contributed by atoms with Crippen molar-refractivity contribution in [1.29, 1.82) is 0 Å². The predicted molar refractivity (Wildman–Crippen MR) is 56.9 cm³/mol. The number of nitrogen functional groups attached to an aromatic ring is 2. The van der Waals surface area contributed by atoms with E-state index in [0.717, 1.165) is 0 Å². The maximum atomic E-state index is 5.73. The fraction of sp³-hybridized carbons (Fsp3) is 0. The van der Waals surface area contributed by atoms with Crippen LogP contribution in [0.2, 0.25) is 5.15 Å². The number of nitrogens with zero attached hydrogens (tertiary/aromatic N) is 4. The van der Waals surface area contributed by atoms with Gasteiger partial charge in [-0.25, -0.2) is 4.98 Å². The van der Waals surface area contributed by atoms with Crippen LogP contribution in [0.25, 0.3) is 11.4 Å². The first-order valence-corrected chi connectivity index (χ1v) is 4.43. The second-order valence-electron chi connectivity index (χ2n) is 2.75. The van der Waals surface area contributed by atoms with Gasteiger partial charge in [0, 0.05) is 0 Å². The highest BCUT2D eigenvalue weighted by Crippen LogP contribution is 2.20. The van der Waals surface area contributed by atoms with Crippen LogP contribution < -0.4 is 11.5 Å². The molecule has 0 radical (unpaired) electrons. The van der Waals surface area contributed by atoms with E-state index in [1.165, 1.54) is 0 Å². The van der Waals surface area contributed by atoms with Gasteiger partial charge >= 0.3 is 0 Å². The van der Waals surface area contributed by atoms with Crippen LogP contribution in [0.1, 0.15) is 0 Å². The van der Waals surface area contributed by atoms with Gasteiger partial charge in [-0.05, 0) is 12.1 Å². The van der Waals surface area contributed by atoms with E-state index in [9.17, 15) is 0 Å². The van der Waals surface area contributed by atoms with Gasteiger partial charge < -0.3 is 11.5 Å². The van der Waals surface area contributed by atoms with Crippen LogP contribution in [-0.4, -0.2) is 20.2 Å². The number of anilines is 2. The number of aromatic nitrogens is 4. The average Bonchev–Trinajstić information content (AvgIpc) is 2.17. The summed E-state index contributed by atoms with van der Waals surface area (Å²) in [5, 5.41) is 7.76. The molecule has 0 aliphatic heterocycles. The molecule has 0 aliphatic rings. The van der Waals surface area contributed by atoms with E-state index in [1.54, 1.807) is 18.2 Å². The quantitative estimate of drug-likeness (QED) is 0.690. The van der Waals surface area contributed by atoms with Crippen molar-refractivity contribution < 1.29 is 0 Å². The summed E-state index contributed by atoms with van der Waals surface area (Å²) in [6.07, 6.45) is 0. The summed E-state index contributed by atoms with van der Waals surface area (Å²) in [5.74, 6) is 0.204. The van der Waals surface area contributed by atoms with Gasteiger partial charge in [-0.3, -0.25) is 0 Å². The second kappa shape index (κ2) is 3.66. The van der Waals surface area contributed by atoms with Crippen molar-refractivity contribution >= 4 is 23.4 Å². The maximum Gasteiger partial charge on any atom is 0.242 e. The first-order chi connectivity index (χ1) is 7.16. The zero-order chi connectivity index (χ0) is 10.8. The Morgan fingerprint density at radius 2 is 1.87 bits per heavy atom. The highest BCUT2D eigenvalue weighted by Gasteiger charge is 2.08. The van der Waals surface area contributed by atoms with Crippen molar-refractivity contribution in [1.82, 2.24) is 20.2 Å². The third-order valence-corrected chi connectivity index (χ3v) is 1.90. The van der Waals surface area contributed by atoms with E-state index in [2.05, 4.69) is 20.2 Å². The summed E-state index contributed by atoms with van der Waals surface area (Å²) in [4.78, 5) is 7.81. The molecular weight excluding hydrogens is 216 g/mol. The highest BCUT2D eigenvalue weighted by molar-refractivity contribution is 6.29. The van der Waals surface area contributed by atoms with Crippen LogP contribution in [0.5, 0.6) is 0 Å². The Hall–Kier alpha value is -1.95. The number of hydrogen-bond donors (Lipinski definition) is 2. The fourth-order valence-electron chi connectivity index (χ4n) is 1.07. The maximum absolute atomic E-state index is 5.73. The Kier molecular flexibility index (Phi) is 2.34. The van der Waals surface area contributed by atoms with Crippen LogP contribution in [0.3, 0.4) is 0 Å². The smallest absolute Gasteiger partial charge is 0.242 e. The summed E-state index contributed by atoms with van der Waals surface area (Å²) < 4.78 is 0. The largest absolute Gasteiger partial charge is 0.382 e. The molecule has 0 atom stereocenters. The molecule has 0 aromatic carbocycles. The summed E-state index contributed by atoms with van der Waals surface area (Å²) in [7, 11) is 0. The van der Waals surface area contributed by atoms with Gasteiger partial charge in [0.25, 0.3) is 0 Å². The first-order valence-electron chi connectivity index (χ1n) is 4.05. The Bertz CT molecular complexity index is 500. The van der Waals surface area contributed by atoms with Gasteiger partial charge in [0.1, 0.15) is 5.15 Å². The second-order valence-corrected chi connectivity index (χ2v) is 3.14. The monoisotopic (exact) mass is 222 g/mol. The molecule has 0 spiro atoms. The molecule has 2 aromatic heterocycles. The van der Waals surface area contributed by atoms with Gasteiger partial charge in [-0.1, -0.05) is 17.7 Å². The molecule has 0 saturated carbocycles. The Balaban J connectivity index is 2.54. The minimum Gasteiger partial charge on any atom is -0.382 e. The molecule has 0 fully saturated rings. The minimum absolute atomic E-state index is 0.0262. The average molecular weight is 223 g/mol. The molecule has 0 unspecified atom stereocenters. The molecule has 7 heteroatoms. The molecule has 76 valence electrons. The third kappa shape index (κ3) is 1.94. The zero-order valence-corrected chi connectivity index (χ0v) is 8.31. The number of hydrogen-bond acceptors (Lipinski definition) is 6. The Morgan fingerprint density at radius 1 is 1.07 bits per heavy atom. The lowest BCUT2D eigenvalue weighted by Gasteiger charge is -2.02. The molecule has 0 aliphatic carbocycles. The molecule has 4 N–H and O–H groups in total. The van der Waals surface area contributed by atoms with Crippen molar-refractivity contribution in [3.63, 3.8) is 0 Å². The predicted octanol–water partition coefficient (Wildman–Crippen LogP) is 0.751. The topological polar surface area (TPSA) is 104 Å². The van der Waals surface area contributed by atoms with Crippen LogP contribution >= 0.6 is 11.6 Å². The molecule has 0 bridgehead atoms. The standard InChI is InChI=1S/C8H7ClN6/c9-5-3-1-2-4(12-5)6-7(10)13-8(11)15-14-6/h1-3H,(H4,10,11,13,15). The van der Waals surface area contributed by atoms with Crippen LogP contribution in [0.4, 0.5) is 11.8 Å². The normalized spacial score (nSPS) is 10.2. The third-order valence-electron chi connectivity index (χ3n) is 1.69. The van der Waals surface area contributed by atoms with E-state index >= 15 is 0 Å². The van der Waals surface area contributed by atoms with Crippen LogP contribution in [0.15, 0.2) is 18.2 Å². The lowest BCUT2D eigenvalue weighted by molar-refractivity contribution is 0.992. The van der Waals surface area contributed by atoms with Gasteiger partial charge in [-0.2, -0.15) is 4.98 Å². The van der Waals surface area contributed by atoms with Crippen LogP contribution in [-0.2, 0) is 0 Å². The minimum atomic E-state index is 0.0262.